The van der Waals surface area contributed by atoms with Gasteiger partial charge in [-0.3, -0.25) is 9.59 Å². The zero-order valence-corrected chi connectivity index (χ0v) is 18.0. The fraction of sp³-hybridized carbons (Fsp3) is 0.391. The van der Waals surface area contributed by atoms with Crippen molar-refractivity contribution in [2.24, 2.45) is 0 Å². The Morgan fingerprint density at radius 2 is 1.66 bits per heavy atom. The molecule has 2 rings (SSSR count). The van der Waals surface area contributed by atoms with Crippen LogP contribution in [-0.4, -0.2) is 34.6 Å². The molecular formula is C23H29FN2O2S. The minimum absolute atomic E-state index is 0.00542. The van der Waals surface area contributed by atoms with Gasteiger partial charge in [0, 0.05) is 30.5 Å². The molecule has 2 amide bonds. The van der Waals surface area contributed by atoms with Crippen LogP contribution < -0.4 is 5.32 Å². The monoisotopic (exact) mass is 416 g/mol. The molecule has 4 nitrogen and oxygen atoms in total. The fourth-order valence-electron chi connectivity index (χ4n) is 2.84. The molecule has 6 heteroatoms. The summed E-state index contributed by atoms with van der Waals surface area (Å²) in [5.41, 5.74) is 2.01. The third-order valence-corrected chi connectivity index (χ3v) is 5.47. The topological polar surface area (TPSA) is 49.4 Å². The minimum atomic E-state index is -0.603. The van der Waals surface area contributed by atoms with Gasteiger partial charge in [0.05, 0.1) is 0 Å². The van der Waals surface area contributed by atoms with Crippen molar-refractivity contribution in [3.63, 3.8) is 0 Å². The van der Waals surface area contributed by atoms with Gasteiger partial charge >= 0.3 is 0 Å². The van der Waals surface area contributed by atoms with Crippen molar-refractivity contribution in [1.29, 1.82) is 0 Å². The number of nitrogens with zero attached hydrogens (tertiary/aromatic N) is 1. The first-order valence-corrected chi connectivity index (χ1v) is 11.0. The second kappa shape index (κ2) is 11.6. The molecule has 1 atom stereocenters. The molecule has 156 valence electrons. The zero-order chi connectivity index (χ0) is 21.2. The average molecular weight is 417 g/mol. The molecule has 0 fully saturated rings. The SMILES string of the molecule is CC(C)NC(=O)[C@@H](C)N(Cc1ccc(F)cc1)C(=O)CCSCc1ccccc1. The van der Waals surface area contributed by atoms with Crippen LogP contribution in [0.5, 0.6) is 0 Å². The molecule has 0 saturated heterocycles. The number of thioether (sulfide) groups is 1. The third kappa shape index (κ3) is 7.89. The molecule has 2 aromatic carbocycles. The van der Waals surface area contributed by atoms with Crippen LogP contribution in [0.25, 0.3) is 0 Å². The van der Waals surface area contributed by atoms with E-state index in [0.717, 1.165) is 11.3 Å². The number of hydrogen-bond acceptors (Lipinski definition) is 3. The molecule has 0 aliphatic carbocycles. The highest BCUT2D eigenvalue weighted by molar-refractivity contribution is 7.98. The lowest BCUT2D eigenvalue weighted by atomic mass is 10.1. The van der Waals surface area contributed by atoms with E-state index in [4.69, 9.17) is 0 Å². The standard InChI is InChI=1S/C23H29FN2O2S/c1-17(2)25-23(28)18(3)26(15-19-9-11-21(24)12-10-19)22(27)13-14-29-16-20-7-5-4-6-8-20/h4-12,17-18H,13-16H2,1-3H3,(H,25,28)/t18-/m1/s1. The molecule has 0 unspecified atom stereocenters. The fourth-order valence-corrected chi connectivity index (χ4v) is 3.73. The highest BCUT2D eigenvalue weighted by Crippen LogP contribution is 2.16. The van der Waals surface area contributed by atoms with Gasteiger partial charge in [-0.2, -0.15) is 11.8 Å². The van der Waals surface area contributed by atoms with E-state index in [-0.39, 0.29) is 30.2 Å². The van der Waals surface area contributed by atoms with Gasteiger partial charge in [-0.05, 0) is 44.0 Å². The lowest BCUT2D eigenvalue weighted by Gasteiger charge is -2.29. The van der Waals surface area contributed by atoms with E-state index in [9.17, 15) is 14.0 Å². The summed E-state index contributed by atoms with van der Waals surface area (Å²) in [6.45, 7) is 5.78. The second-order valence-electron chi connectivity index (χ2n) is 7.28. The van der Waals surface area contributed by atoms with E-state index < -0.39 is 6.04 Å². The van der Waals surface area contributed by atoms with Crippen LogP contribution in [0, 0.1) is 5.82 Å². The maximum Gasteiger partial charge on any atom is 0.242 e. The predicted molar refractivity (Wildman–Crippen MR) is 117 cm³/mol. The Labute approximate surface area is 176 Å². The molecule has 0 bridgehead atoms. The smallest absolute Gasteiger partial charge is 0.242 e. The van der Waals surface area contributed by atoms with Crippen molar-refractivity contribution in [1.82, 2.24) is 10.2 Å². The van der Waals surface area contributed by atoms with Crippen molar-refractivity contribution in [2.75, 3.05) is 5.75 Å². The maximum atomic E-state index is 13.2. The first kappa shape index (κ1) is 22.9. The van der Waals surface area contributed by atoms with Crippen LogP contribution in [0.2, 0.25) is 0 Å². The molecule has 0 saturated carbocycles. The molecule has 0 aliphatic heterocycles. The van der Waals surface area contributed by atoms with Crippen molar-refractivity contribution < 1.29 is 14.0 Å². The van der Waals surface area contributed by atoms with Gasteiger partial charge < -0.3 is 10.2 Å². The maximum absolute atomic E-state index is 13.2. The van der Waals surface area contributed by atoms with E-state index in [2.05, 4.69) is 17.4 Å². The number of nitrogens with one attached hydrogen (secondary N) is 1. The quantitative estimate of drug-likeness (QED) is 0.585. The van der Waals surface area contributed by atoms with Crippen LogP contribution >= 0.6 is 11.8 Å². The van der Waals surface area contributed by atoms with Crippen LogP contribution in [-0.2, 0) is 21.9 Å². The predicted octanol–water partition coefficient (Wildman–Crippen LogP) is 4.39. The minimum Gasteiger partial charge on any atom is -0.352 e. The number of amides is 2. The summed E-state index contributed by atoms with van der Waals surface area (Å²) in [5, 5.41) is 2.86. The Kier molecular flexibility index (Phi) is 9.19. The normalized spacial score (nSPS) is 11.9. The van der Waals surface area contributed by atoms with Crippen LogP contribution in [0.15, 0.2) is 54.6 Å². The summed E-state index contributed by atoms with van der Waals surface area (Å²) in [6.07, 6.45) is 0.345. The summed E-state index contributed by atoms with van der Waals surface area (Å²) in [7, 11) is 0. The van der Waals surface area contributed by atoms with E-state index >= 15 is 0 Å². The number of rotatable bonds is 10. The summed E-state index contributed by atoms with van der Waals surface area (Å²) < 4.78 is 13.2. The second-order valence-corrected chi connectivity index (χ2v) is 8.38. The molecule has 0 aromatic heterocycles. The van der Waals surface area contributed by atoms with Crippen LogP contribution in [0.1, 0.15) is 38.3 Å². The highest BCUT2D eigenvalue weighted by atomic mass is 32.2. The van der Waals surface area contributed by atoms with E-state index in [0.29, 0.717) is 12.2 Å². The van der Waals surface area contributed by atoms with Gasteiger partial charge in [0.2, 0.25) is 11.8 Å². The Morgan fingerprint density at radius 3 is 2.28 bits per heavy atom. The Morgan fingerprint density at radius 1 is 1.00 bits per heavy atom. The van der Waals surface area contributed by atoms with Gasteiger partial charge in [-0.15, -0.1) is 0 Å². The molecule has 1 N–H and O–H groups in total. The van der Waals surface area contributed by atoms with Crippen molar-refractivity contribution in [3.05, 3.63) is 71.5 Å². The van der Waals surface area contributed by atoms with Gasteiger partial charge in [0.25, 0.3) is 0 Å². The number of halogens is 1. The van der Waals surface area contributed by atoms with Crippen molar-refractivity contribution in [2.45, 2.75) is 51.6 Å². The molecule has 0 heterocycles. The van der Waals surface area contributed by atoms with Crippen LogP contribution in [0.4, 0.5) is 4.39 Å². The van der Waals surface area contributed by atoms with E-state index in [1.807, 2.05) is 32.0 Å². The lowest BCUT2D eigenvalue weighted by Crippen LogP contribution is -2.49. The van der Waals surface area contributed by atoms with Crippen molar-refractivity contribution >= 4 is 23.6 Å². The van der Waals surface area contributed by atoms with Crippen molar-refractivity contribution in [3.8, 4) is 0 Å². The molecule has 0 radical (unpaired) electrons. The Bertz CT molecular complexity index is 781. The number of carbonyl (C=O) groups is 2. The van der Waals surface area contributed by atoms with Crippen LogP contribution in [0.3, 0.4) is 0 Å². The third-order valence-electron chi connectivity index (χ3n) is 4.44. The van der Waals surface area contributed by atoms with E-state index in [1.54, 1.807) is 35.7 Å². The average Bonchev–Trinajstić information content (AvgIpc) is 2.70. The molecule has 0 aliphatic rings. The summed E-state index contributed by atoms with van der Waals surface area (Å²) >= 11 is 1.69. The lowest BCUT2D eigenvalue weighted by molar-refractivity contribution is -0.140. The van der Waals surface area contributed by atoms with E-state index in [1.165, 1.54) is 17.7 Å². The Balaban J connectivity index is 1.99. The summed E-state index contributed by atoms with van der Waals surface area (Å²) in [4.78, 5) is 27.0. The molecular weight excluding hydrogens is 387 g/mol. The van der Waals surface area contributed by atoms with Gasteiger partial charge in [0.15, 0.2) is 0 Å². The van der Waals surface area contributed by atoms with Gasteiger partial charge in [0.1, 0.15) is 11.9 Å². The summed E-state index contributed by atoms with van der Waals surface area (Å²) in [5.74, 6) is 0.921. The number of benzene rings is 2. The molecule has 0 spiro atoms. The first-order chi connectivity index (χ1) is 13.9. The number of carbonyl (C=O) groups excluding carboxylic acids is 2. The molecule has 29 heavy (non-hydrogen) atoms. The Hall–Kier alpha value is -2.34. The number of hydrogen-bond donors (Lipinski definition) is 1. The highest BCUT2D eigenvalue weighted by Gasteiger charge is 2.26. The van der Waals surface area contributed by atoms with Gasteiger partial charge in [-0.25, -0.2) is 4.39 Å². The first-order valence-electron chi connectivity index (χ1n) is 9.82. The largest absolute Gasteiger partial charge is 0.352 e. The van der Waals surface area contributed by atoms with Gasteiger partial charge in [-0.1, -0.05) is 42.5 Å². The summed E-state index contributed by atoms with van der Waals surface area (Å²) in [6, 6.07) is 15.5. The molecule has 2 aromatic rings. The zero-order valence-electron chi connectivity index (χ0n) is 17.2.